The summed E-state index contributed by atoms with van der Waals surface area (Å²) in [6, 6.07) is 8.03. The number of hydrogen-bond donors (Lipinski definition) is 5. The van der Waals surface area contributed by atoms with Gasteiger partial charge in [-0.15, -0.1) is 0 Å². The summed E-state index contributed by atoms with van der Waals surface area (Å²) in [6.45, 7) is -1.28. The molecule has 6 N–H and O–H groups in total. The predicted octanol–water partition coefficient (Wildman–Crippen LogP) is 0.199. The molecule has 27 heavy (non-hydrogen) atoms. The molecule has 0 aliphatic carbocycles. The molecule has 1 rings (SSSR count). The first kappa shape index (κ1) is 21.9. The first-order valence-corrected chi connectivity index (χ1v) is 8.33. The van der Waals surface area contributed by atoms with E-state index in [1.165, 1.54) is 0 Å². The zero-order chi connectivity index (χ0) is 20.1. The smallest absolute Gasteiger partial charge is 0.408 e. The number of alkyl halides is 1. The van der Waals surface area contributed by atoms with Crippen molar-refractivity contribution in [1.82, 2.24) is 16.0 Å². The second kappa shape index (κ2) is 12.2. The molecule has 10 heteroatoms. The predicted molar refractivity (Wildman–Crippen MR) is 96.7 cm³/mol. The number of hydrogen-bond acceptors (Lipinski definition) is 5. The molecule has 0 saturated carbocycles. The summed E-state index contributed by atoms with van der Waals surface area (Å²) in [5.41, 5.74) is 5.96. The normalized spacial score (nSPS) is 11.1. The Kier molecular flexibility index (Phi) is 9.90. The lowest BCUT2D eigenvalue weighted by Gasteiger charge is -2.18. The van der Waals surface area contributed by atoms with E-state index >= 15 is 0 Å². The highest BCUT2D eigenvalue weighted by molar-refractivity contribution is 5.90. The minimum absolute atomic E-state index is 0.0350. The van der Waals surface area contributed by atoms with Gasteiger partial charge < -0.3 is 26.4 Å². The maximum atomic E-state index is 12.2. The van der Waals surface area contributed by atoms with Gasteiger partial charge in [0.1, 0.15) is 19.3 Å². The van der Waals surface area contributed by atoms with E-state index in [1.54, 1.807) is 24.3 Å². The summed E-state index contributed by atoms with van der Waals surface area (Å²) in [5, 5.41) is 14.4. The van der Waals surface area contributed by atoms with Gasteiger partial charge in [0, 0.05) is 6.54 Å². The number of carbonyl (C=O) groups excluding carboxylic acids is 3. The number of guanidine groups is 1. The second-order valence-corrected chi connectivity index (χ2v) is 5.63. The molecule has 0 aliphatic heterocycles. The van der Waals surface area contributed by atoms with Gasteiger partial charge in [-0.05, 0) is 18.4 Å². The van der Waals surface area contributed by atoms with Gasteiger partial charge in [-0.2, -0.15) is 0 Å². The quantitative estimate of drug-likeness (QED) is 0.210. The average Bonchev–Trinajstić information content (AvgIpc) is 2.67. The lowest BCUT2D eigenvalue weighted by molar-refractivity contribution is -0.126. The molecule has 1 atom stereocenters. The molecule has 0 fully saturated rings. The van der Waals surface area contributed by atoms with Crippen molar-refractivity contribution in [3.05, 3.63) is 35.9 Å². The molecule has 2 amide bonds. The van der Waals surface area contributed by atoms with Gasteiger partial charge in [-0.25, -0.2) is 9.18 Å². The first-order chi connectivity index (χ1) is 12.9. The fourth-order valence-electron chi connectivity index (χ4n) is 2.06. The molecule has 0 aliphatic rings. The third-order valence-electron chi connectivity index (χ3n) is 3.42. The molecule has 148 valence electrons. The highest BCUT2D eigenvalue weighted by Gasteiger charge is 2.21. The van der Waals surface area contributed by atoms with Gasteiger partial charge in [-0.3, -0.25) is 15.0 Å². The van der Waals surface area contributed by atoms with Crippen molar-refractivity contribution in [2.45, 2.75) is 25.5 Å². The number of ketones is 1. The van der Waals surface area contributed by atoms with Crippen molar-refractivity contribution in [3.63, 3.8) is 0 Å². The highest BCUT2D eigenvalue weighted by atomic mass is 19.1. The maximum absolute atomic E-state index is 12.2. The Balaban J connectivity index is 2.54. The Morgan fingerprint density at radius 3 is 2.52 bits per heavy atom. The van der Waals surface area contributed by atoms with Crippen molar-refractivity contribution < 1.29 is 23.5 Å². The van der Waals surface area contributed by atoms with Crippen molar-refractivity contribution in [1.29, 1.82) is 5.41 Å². The molecule has 0 radical (unpaired) electrons. The molecule has 0 saturated heterocycles. The van der Waals surface area contributed by atoms with Gasteiger partial charge in [0.2, 0.25) is 5.91 Å². The van der Waals surface area contributed by atoms with E-state index < -0.39 is 37.0 Å². The number of nitrogens with two attached hydrogens (primary N) is 1. The Hall–Kier alpha value is -3.17. The average molecular weight is 381 g/mol. The molecule has 1 aromatic carbocycles. The standard InChI is InChI=1S/C17H24FN5O4/c18-9-13(24)10-22-15(25)14(7-4-8-21-16(19)20)23-17(26)27-11-12-5-2-1-3-6-12/h1-3,5-6,14H,4,7-11H2,(H,22,25)(H,23,26)(H4,19,20,21)/t14-/m0/s1. The van der Waals surface area contributed by atoms with E-state index in [-0.39, 0.29) is 19.0 Å². The maximum Gasteiger partial charge on any atom is 0.408 e. The van der Waals surface area contributed by atoms with Crippen molar-refractivity contribution in [2.75, 3.05) is 19.8 Å². The van der Waals surface area contributed by atoms with E-state index in [2.05, 4.69) is 16.0 Å². The molecular weight excluding hydrogens is 357 g/mol. The van der Waals surface area contributed by atoms with Crippen molar-refractivity contribution in [3.8, 4) is 0 Å². The van der Waals surface area contributed by atoms with Gasteiger partial charge in [0.15, 0.2) is 11.7 Å². The molecule has 1 aromatic rings. The SMILES string of the molecule is N=C(N)NCCC[C@H](NC(=O)OCc1ccccc1)C(=O)NCC(=O)CF. The monoisotopic (exact) mass is 381 g/mol. The number of carbonyl (C=O) groups is 3. The molecule has 0 heterocycles. The Morgan fingerprint density at radius 2 is 1.89 bits per heavy atom. The number of alkyl carbamates (subject to hydrolysis) is 1. The van der Waals surface area contributed by atoms with Crippen LogP contribution in [0.25, 0.3) is 0 Å². The minimum Gasteiger partial charge on any atom is -0.445 e. The van der Waals surface area contributed by atoms with Gasteiger partial charge in [0.05, 0.1) is 6.54 Å². The highest BCUT2D eigenvalue weighted by Crippen LogP contribution is 2.02. The van der Waals surface area contributed by atoms with Crippen molar-refractivity contribution in [2.24, 2.45) is 5.73 Å². The molecule has 0 unspecified atom stereocenters. The first-order valence-electron chi connectivity index (χ1n) is 8.33. The van der Waals surface area contributed by atoms with Crippen LogP contribution in [-0.2, 0) is 20.9 Å². The number of ether oxygens (including phenoxy) is 1. The zero-order valence-electron chi connectivity index (χ0n) is 14.8. The van der Waals surface area contributed by atoms with Crippen LogP contribution in [0.3, 0.4) is 0 Å². The van der Waals surface area contributed by atoms with E-state index in [9.17, 15) is 18.8 Å². The van der Waals surface area contributed by atoms with Crippen LogP contribution >= 0.6 is 0 Å². The summed E-state index contributed by atoms with van der Waals surface area (Å²) in [7, 11) is 0. The summed E-state index contributed by atoms with van der Waals surface area (Å²) in [5.74, 6) is -1.61. The molecule has 0 bridgehead atoms. The van der Waals surface area contributed by atoms with Gasteiger partial charge in [-0.1, -0.05) is 30.3 Å². The number of halogens is 1. The summed E-state index contributed by atoms with van der Waals surface area (Å²) in [6.07, 6.45) is -0.181. The minimum atomic E-state index is -1.18. The Bertz CT molecular complexity index is 641. The van der Waals surface area contributed by atoms with Crippen LogP contribution in [0.15, 0.2) is 30.3 Å². The number of benzene rings is 1. The number of nitrogens with one attached hydrogen (secondary N) is 4. The third kappa shape index (κ3) is 9.78. The van der Waals surface area contributed by atoms with Crippen molar-refractivity contribution >= 4 is 23.7 Å². The fraction of sp³-hybridized carbons (Fsp3) is 0.412. The Labute approximate surface area is 156 Å². The summed E-state index contributed by atoms with van der Waals surface area (Å²) >= 11 is 0. The van der Waals surface area contributed by atoms with Crippen LogP contribution in [0.4, 0.5) is 9.18 Å². The summed E-state index contributed by atoms with van der Waals surface area (Å²) in [4.78, 5) is 35.1. The largest absolute Gasteiger partial charge is 0.445 e. The van der Waals surface area contributed by atoms with Crippen LogP contribution in [0, 0.1) is 5.41 Å². The summed E-state index contributed by atoms with van der Waals surface area (Å²) < 4.78 is 17.3. The van der Waals surface area contributed by atoms with E-state index in [4.69, 9.17) is 15.9 Å². The number of amides is 2. The fourth-order valence-corrected chi connectivity index (χ4v) is 2.06. The lowest BCUT2D eigenvalue weighted by Crippen LogP contribution is -2.48. The number of Topliss-reactive ketones (excluding diaryl/α,β-unsaturated/α-hetero) is 1. The van der Waals surface area contributed by atoms with Gasteiger partial charge in [0.25, 0.3) is 0 Å². The molecule has 0 spiro atoms. The van der Waals surface area contributed by atoms with Crippen LogP contribution < -0.4 is 21.7 Å². The Morgan fingerprint density at radius 1 is 1.19 bits per heavy atom. The number of rotatable bonds is 11. The third-order valence-corrected chi connectivity index (χ3v) is 3.42. The topological polar surface area (TPSA) is 146 Å². The van der Waals surface area contributed by atoms with Crippen LogP contribution in [0.1, 0.15) is 18.4 Å². The van der Waals surface area contributed by atoms with E-state index in [1.807, 2.05) is 6.07 Å². The second-order valence-electron chi connectivity index (χ2n) is 5.63. The zero-order valence-corrected chi connectivity index (χ0v) is 14.8. The lowest BCUT2D eigenvalue weighted by atomic mass is 10.1. The van der Waals surface area contributed by atoms with Crippen LogP contribution in [-0.4, -0.2) is 49.5 Å². The van der Waals surface area contributed by atoms with Crippen LogP contribution in [0.5, 0.6) is 0 Å². The van der Waals surface area contributed by atoms with Crippen LogP contribution in [0.2, 0.25) is 0 Å². The molecule has 9 nitrogen and oxygen atoms in total. The van der Waals surface area contributed by atoms with E-state index in [0.29, 0.717) is 13.0 Å². The molecular formula is C17H24FN5O4. The molecule has 0 aromatic heterocycles. The van der Waals surface area contributed by atoms with Gasteiger partial charge >= 0.3 is 6.09 Å². The van der Waals surface area contributed by atoms with E-state index in [0.717, 1.165) is 5.56 Å².